The van der Waals surface area contributed by atoms with Gasteiger partial charge < -0.3 is 16.0 Å². The Kier molecular flexibility index (Phi) is 4.71. The summed E-state index contributed by atoms with van der Waals surface area (Å²) >= 11 is 0. The summed E-state index contributed by atoms with van der Waals surface area (Å²) in [6.07, 6.45) is 6.88. The molecule has 0 aliphatic heterocycles. The molecule has 0 bridgehead atoms. The van der Waals surface area contributed by atoms with Crippen LogP contribution in [0.2, 0.25) is 0 Å². The van der Waals surface area contributed by atoms with E-state index < -0.39 is 0 Å². The smallest absolute Gasteiger partial charge is 0.259 e. The molecule has 0 saturated carbocycles. The summed E-state index contributed by atoms with van der Waals surface area (Å²) in [4.78, 5) is 11.6. The summed E-state index contributed by atoms with van der Waals surface area (Å²) < 4.78 is 0. The van der Waals surface area contributed by atoms with E-state index in [0.717, 1.165) is 11.3 Å². The van der Waals surface area contributed by atoms with Crippen LogP contribution >= 0.6 is 0 Å². The molecule has 6 heteroatoms. The molecule has 2 rings (SSSR count). The van der Waals surface area contributed by atoms with Gasteiger partial charge in [-0.3, -0.25) is 0 Å². The van der Waals surface area contributed by atoms with Gasteiger partial charge >= 0.3 is 0 Å². The number of aryl methyl sites for hydroxylation is 1. The Labute approximate surface area is 125 Å². The first-order valence-corrected chi connectivity index (χ1v) is 6.49. The molecule has 1 aromatic carbocycles. The van der Waals surface area contributed by atoms with Crippen LogP contribution < -0.4 is 11.1 Å². The van der Waals surface area contributed by atoms with Crippen LogP contribution in [0.15, 0.2) is 35.5 Å². The van der Waals surface area contributed by atoms with Gasteiger partial charge in [-0.05, 0) is 37.1 Å². The van der Waals surface area contributed by atoms with Crippen molar-refractivity contribution in [2.45, 2.75) is 13.8 Å². The van der Waals surface area contributed by atoms with Crippen molar-refractivity contribution in [2.75, 3.05) is 11.1 Å². The molecule has 1 aromatic heterocycles. The van der Waals surface area contributed by atoms with Gasteiger partial charge in [0, 0.05) is 11.9 Å². The van der Waals surface area contributed by atoms with Gasteiger partial charge in [0.05, 0.1) is 5.56 Å². The maximum Gasteiger partial charge on any atom is 0.259 e. The summed E-state index contributed by atoms with van der Waals surface area (Å²) in [6.45, 7) is 4.05. The summed E-state index contributed by atoms with van der Waals surface area (Å²) in [5.74, 6) is 0.884. The third-order valence-electron chi connectivity index (χ3n) is 3.01. The predicted molar refractivity (Wildman–Crippen MR) is 89.0 cm³/mol. The van der Waals surface area contributed by atoms with E-state index in [1.165, 1.54) is 18.1 Å². The van der Waals surface area contributed by atoms with Crippen LogP contribution in [-0.2, 0) is 0 Å². The molecule has 2 aromatic rings. The Morgan fingerprint density at radius 3 is 2.86 bits per heavy atom. The third-order valence-corrected chi connectivity index (χ3v) is 3.01. The molecule has 0 fully saturated rings. The monoisotopic (exact) mass is 277 g/mol. The number of nitrogens with one attached hydrogen (secondary N) is 1. The molecular weight excluding hydrogens is 261 g/mol. The van der Waals surface area contributed by atoms with Crippen molar-refractivity contribution in [3.05, 3.63) is 47.3 Å². The van der Waals surface area contributed by atoms with E-state index in [9.17, 15) is 0 Å². The lowest BCUT2D eigenvalue weighted by atomic mass is 10.1. The Bertz CT molecular complexity index is 694. The molecule has 0 aliphatic carbocycles. The minimum Gasteiger partial charge on any atom is -0.383 e. The van der Waals surface area contributed by atoms with Crippen LogP contribution in [0.1, 0.15) is 23.6 Å². The van der Waals surface area contributed by atoms with Crippen molar-refractivity contribution in [3.63, 3.8) is 0 Å². The van der Waals surface area contributed by atoms with Gasteiger partial charge in [-0.15, -0.1) is 0 Å². The highest BCUT2D eigenvalue weighted by Gasteiger charge is 2.07. The number of nitrogen functional groups attached to an aromatic ring is 1. The van der Waals surface area contributed by atoms with Gasteiger partial charge in [0.1, 0.15) is 18.0 Å². The number of benzene rings is 1. The van der Waals surface area contributed by atoms with E-state index in [1.54, 1.807) is 0 Å². The second-order valence-corrected chi connectivity index (χ2v) is 4.50. The Balaban J connectivity index is 2.39. The van der Waals surface area contributed by atoms with Gasteiger partial charge in [0.2, 0.25) is 0 Å². The molecule has 0 atom stereocenters. The third kappa shape index (κ3) is 3.48. The van der Waals surface area contributed by atoms with Crippen molar-refractivity contribution in [2.24, 2.45) is 4.90 Å². The van der Waals surface area contributed by atoms with Crippen LogP contribution in [0.25, 0.3) is 6.08 Å². The molecule has 0 amide bonds. The van der Waals surface area contributed by atoms with Crippen molar-refractivity contribution < 1.29 is 0 Å². The first-order valence-electron chi connectivity index (χ1n) is 6.49. The fourth-order valence-electron chi connectivity index (χ4n) is 1.92. The van der Waals surface area contributed by atoms with E-state index in [-0.39, 0.29) is 0 Å². The van der Waals surface area contributed by atoms with Crippen molar-refractivity contribution in [3.8, 4) is 0 Å². The zero-order chi connectivity index (χ0) is 15.2. The fraction of sp³-hybridized carbons (Fsp3) is 0.133. The molecule has 1 heterocycles. The molecule has 0 saturated heterocycles. The van der Waals surface area contributed by atoms with E-state index >= 15 is 0 Å². The lowest BCUT2D eigenvalue weighted by molar-refractivity contribution is 1.17. The SMILES string of the molecule is [B]N=Cc1c(N)ncnc1Nc1ccc(C)c(/C=C\C)c1. The molecule has 5 nitrogen and oxygen atoms in total. The average molecular weight is 277 g/mol. The highest BCUT2D eigenvalue weighted by Crippen LogP contribution is 2.23. The quantitative estimate of drug-likeness (QED) is 0.665. The minimum absolute atomic E-state index is 0.322. The van der Waals surface area contributed by atoms with Crippen LogP contribution in [0.3, 0.4) is 0 Å². The number of nitrogens with two attached hydrogens (primary N) is 1. The van der Waals surface area contributed by atoms with Gasteiger partial charge in [0.25, 0.3) is 7.98 Å². The molecule has 0 unspecified atom stereocenters. The molecule has 2 radical (unpaired) electrons. The fourth-order valence-corrected chi connectivity index (χ4v) is 1.92. The van der Waals surface area contributed by atoms with Gasteiger partial charge in [-0.1, -0.05) is 18.2 Å². The number of aromatic nitrogens is 2. The van der Waals surface area contributed by atoms with E-state index in [1.807, 2.05) is 31.2 Å². The second kappa shape index (κ2) is 6.70. The first kappa shape index (κ1) is 14.8. The van der Waals surface area contributed by atoms with Crippen molar-refractivity contribution in [1.82, 2.24) is 9.97 Å². The Morgan fingerprint density at radius 2 is 2.14 bits per heavy atom. The van der Waals surface area contributed by atoms with E-state index in [4.69, 9.17) is 13.7 Å². The normalized spacial score (nSPS) is 11.3. The highest BCUT2D eigenvalue weighted by atomic mass is 15.0. The molecule has 3 N–H and O–H groups in total. The maximum absolute atomic E-state index is 5.81. The van der Waals surface area contributed by atoms with Gasteiger partial charge in [0.15, 0.2) is 0 Å². The largest absolute Gasteiger partial charge is 0.383 e. The van der Waals surface area contributed by atoms with E-state index in [0.29, 0.717) is 17.2 Å². The highest BCUT2D eigenvalue weighted by molar-refractivity contribution is 6.12. The first-order chi connectivity index (χ1) is 10.2. The van der Waals surface area contributed by atoms with Gasteiger partial charge in [-0.2, -0.15) is 0 Å². The predicted octanol–water partition coefficient (Wildman–Crippen LogP) is 2.65. The number of nitrogens with zero attached hydrogens (tertiary/aromatic N) is 3. The summed E-state index contributed by atoms with van der Waals surface area (Å²) in [5.41, 5.74) is 9.61. The molecule has 104 valence electrons. The van der Waals surface area contributed by atoms with Crippen LogP contribution in [0.4, 0.5) is 17.3 Å². The lowest BCUT2D eigenvalue weighted by Gasteiger charge is -2.11. The minimum atomic E-state index is 0.322. The maximum atomic E-state index is 5.81. The number of hydrogen-bond acceptors (Lipinski definition) is 5. The summed E-state index contributed by atoms with van der Waals surface area (Å²) in [6, 6.07) is 6.06. The van der Waals surface area contributed by atoms with E-state index in [2.05, 4.69) is 33.2 Å². The van der Waals surface area contributed by atoms with Gasteiger partial charge in [-0.25, -0.2) is 9.97 Å². The number of allylic oxidation sites excluding steroid dienone is 1. The van der Waals surface area contributed by atoms with Crippen molar-refractivity contribution in [1.29, 1.82) is 0 Å². The summed E-state index contributed by atoms with van der Waals surface area (Å²) in [7, 11) is 5.20. The van der Waals surface area contributed by atoms with Crippen LogP contribution in [0, 0.1) is 6.92 Å². The van der Waals surface area contributed by atoms with Crippen LogP contribution in [-0.4, -0.2) is 24.2 Å². The Morgan fingerprint density at radius 1 is 1.33 bits per heavy atom. The lowest BCUT2D eigenvalue weighted by Crippen LogP contribution is -2.05. The zero-order valence-corrected chi connectivity index (χ0v) is 12.0. The standard InChI is InChI=1S/C15H16BN5/c1-3-4-11-7-12(6-5-10(11)2)21-15-13(8-20-16)14(17)18-9-19-15/h3-9H,1-2H3,(H3,17,18,19,21)/b4-3-,20-8?. The average Bonchev–Trinajstić information content (AvgIpc) is 2.46. The molecular formula is C15H16BN5. The zero-order valence-electron chi connectivity index (χ0n) is 12.0. The molecule has 0 aliphatic rings. The second-order valence-electron chi connectivity index (χ2n) is 4.50. The number of anilines is 3. The number of rotatable bonds is 4. The van der Waals surface area contributed by atoms with Crippen LogP contribution in [0.5, 0.6) is 0 Å². The summed E-state index contributed by atoms with van der Waals surface area (Å²) in [5, 5.41) is 3.21. The molecule has 0 spiro atoms. The molecule has 21 heavy (non-hydrogen) atoms. The Hall–Kier alpha value is -2.63. The number of hydrogen-bond donors (Lipinski definition) is 2. The topological polar surface area (TPSA) is 76.2 Å². The van der Waals surface area contributed by atoms with Crippen molar-refractivity contribution >= 4 is 37.6 Å².